The van der Waals surface area contributed by atoms with Gasteiger partial charge in [-0.15, -0.1) is 11.3 Å². The van der Waals surface area contributed by atoms with Crippen molar-refractivity contribution < 1.29 is 9.90 Å². The topological polar surface area (TPSA) is 66.3 Å². The minimum Gasteiger partial charge on any atom is -0.481 e. The highest BCUT2D eigenvalue weighted by molar-refractivity contribution is 7.19. The first kappa shape index (κ1) is 13.0. The van der Waals surface area contributed by atoms with Crippen LogP contribution in [0.1, 0.15) is 30.2 Å². The van der Waals surface area contributed by atoms with Crippen molar-refractivity contribution in [3.63, 3.8) is 0 Å². The maximum absolute atomic E-state index is 11.4. The summed E-state index contributed by atoms with van der Waals surface area (Å²) in [6, 6.07) is 0. The average molecular weight is 303 g/mol. The zero-order chi connectivity index (χ0) is 14.6. The number of nitrogens with zero attached hydrogens (tertiary/aromatic N) is 3. The second-order valence-corrected chi connectivity index (χ2v) is 7.36. The lowest BCUT2D eigenvalue weighted by atomic mass is 9.90. The van der Waals surface area contributed by atoms with Crippen molar-refractivity contribution in [2.24, 2.45) is 5.41 Å². The van der Waals surface area contributed by atoms with E-state index in [-0.39, 0.29) is 0 Å². The number of aliphatic carboxylic acids is 1. The number of carboxylic acids is 1. The van der Waals surface area contributed by atoms with Gasteiger partial charge in [-0.25, -0.2) is 9.97 Å². The van der Waals surface area contributed by atoms with Crippen LogP contribution in [0.3, 0.4) is 0 Å². The van der Waals surface area contributed by atoms with Crippen LogP contribution < -0.4 is 4.90 Å². The van der Waals surface area contributed by atoms with Gasteiger partial charge in [-0.2, -0.15) is 0 Å². The van der Waals surface area contributed by atoms with E-state index in [9.17, 15) is 9.90 Å². The SMILES string of the molecule is CC1(C(=O)O)CCN(c2ncnc3sc4c(c23)CCC4)C1. The number of fused-ring (bicyclic) bond motifs is 3. The fourth-order valence-corrected chi connectivity index (χ4v) is 4.69. The van der Waals surface area contributed by atoms with Gasteiger partial charge >= 0.3 is 5.97 Å². The monoisotopic (exact) mass is 303 g/mol. The molecule has 1 N–H and O–H groups in total. The molecule has 1 aliphatic heterocycles. The first-order chi connectivity index (χ1) is 10.1. The summed E-state index contributed by atoms with van der Waals surface area (Å²) >= 11 is 1.77. The summed E-state index contributed by atoms with van der Waals surface area (Å²) in [5.74, 6) is 0.218. The van der Waals surface area contributed by atoms with Gasteiger partial charge in [0.05, 0.1) is 10.8 Å². The lowest BCUT2D eigenvalue weighted by molar-refractivity contribution is -0.146. The Bertz CT molecular complexity index is 742. The standard InChI is InChI=1S/C15H17N3O2S/c1-15(14(19)20)5-6-18(7-15)12-11-9-3-2-4-10(9)21-13(11)17-8-16-12/h8H,2-7H2,1H3,(H,19,20). The van der Waals surface area contributed by atoms with Crippen LogP contribution in [0.5, 0.6) is 0 Å². The Hall–Kier alpha value is -1.69. The molecule has 110 valence electrons. The van der Waals surface area contributed by atoms with E-state index in [1.165, 1.54) is 22.2 Å². The molecule has 1 saturated heterocycles. The molecule has 4 rings (SSSR count). The van der Waals surface area contributed by atoms with Crippen molar-refractivity contribution in [1.82, 2.24) is 9.97 Å². The summed E-state index contributed by atoms with van der Waals surface area (Å²) in [5.41, 5.74) is 0.728. The van der Waals surface area contributed by atoms with Crippen molar-refractivity contribution in [2.45, 2.75) is 32.6 Å². The molecule has 2 aromatic heterocycles. The van der Waals surface area contributed by atoms with Crippen molar-refractivity contribution in [2.75, 3.05) is 18.0 Å². The first-order valence-electron chi connectivity index (χ1n) is 7.32. The van der Waals surface area contributed by atoms with Gasteiger partial charge in [0.2, 0.25) is 0 Å². The molecular weight excluding hydrogens is 286 g/mol. The van der Waals surface area contributed by atoms with Crippen molar-refractivity contribution in [1.29, 1.82) is 0 Å². The van der Waals surface area contributed by atoms with Gasteiger partial charge in [-0.1, -0.05) is 0 Å². The number of aryl methyl sites for hydroxylation is 2. The molecule has 21 heavy (non-hydrogen) atoms. The minimum absolute atomic E-state index is 0.527. The molecule has 1 fully saturated rings. The molecule has 0 radical (unpaired) electrons. The molecule has 0 saturated carbocycles. The molecule has 1 atom stereocenters. The van der Waals surface area contributed by atoms with Crippen molar-refractivity contribution >= 4 is 33.3 Å². The molecule has 5 nitrogen and oxygen atoms in total. The Balaban J connectivity index is 1.80. The van der Waals surface area contributed by atoms with E-state index >= 15 is 0 Å². The number of aromatic nitrogens is 2. The molecule has 2 aliphatic rings. The largest absolute Gasteiger partial charge is 0.481 e. The average Bonchev–Trinajstić information content (AvgIpc) is 3.12. The predicted molar refractivity (Wildman–Crippen MR) is 82.0 cm³/mol. The third-order valence-electron chi connectivity index (χ3n) is 4.77. The normalized spacial score (nSPS) is 24.7. The third kappa shape index (κ3) is 1.85. The maximum atomic E-state index is 11.4. The molecule has 6 heteroatoms. The summed E-state index contributed by atoms with van der Waals surface area (Å²) in [6.07, 6.45) is 5.72. The zero-order valence-corrected chi connectivity index (χ0v) is 12.7. The van der Waals surface area contributed by atoms with Crippen LogP contribution in [-0.4, -0.2) is 34.1 Å². The second kappa shape index (κ2) is 4.40. The molecule has 0 spiro atoms. The number of rotatable bonds is 2. The van der Waals surface area contributed by atoms with Gasteiger partial charge in [0.1, 0.15) is 17.0 Å². The van der Waals surface area contributed by atoms with Gasteiger partial charge in [-0.3, -0.25) is 4.79 Å². The highest BCUT2D eigenvalue weighted by Gasteiger charge is 2.41. The second-order valence-electron chi connectivity index (χ2n) is 6.27. The van der Waals surface area contributed by atoms with Crippen LogP contribution in [0.4, 0.5) is 5.82 Å². The van der Waals surface area contributed by atoms with E-state index in [2.05, 4.69) is 14.9 Å². The Labute approximate surface area is 126 Å². The van der Waals surface area contributed by atoms with Gasteiger partial charge in [0, 0.05) is 18.0 Å². The Morgan fingerprint density at radius 1 is 1.43 bits per heavy atom. The smallest absolute Gasteiger partial charge is 0.311 e. The van der Waals surface area contributed by atoms with Crippen molar-refractivity contribution in [3.8, 4) is 0 Å². The lowest BCUT2D eigenvalue weighted by Crippen LogP contribution is -2.32. The third-order valence-corrected chi connectivity index (χ3v) is 5.97. The highest BCUT2D eigenvalue weighted by Crippen LogP contribution is 2.42. The quantitative estimate of drug-likeness (QED) is 0.923. The first-order valence-corrected chi connectivity index (χ1v) is 8.14. The van der Waals surface area contributed by atoms with Crippen LogP contribution in [0.25, 0.3) is 10.2 Å². The summed E-state index contributed by atoms with van der Waals surface area (Å²) in [5, 5.41) is 10.6. The van der Waals surface area contributed by atoms with Crippen LogP contribution in [0.15, 0.2) is 6.33 Å². The molecule has 0 amide bonds. The fourth-order valence-electron chi connectivity index (χ4n) is 3.47. The van der Waals surface area contributed by atoms with Crippen LogP contribution in [0, 0.1) is 5.41 Å². The number of thiophene rings is 1. The molecule has 1 aliphatic carbocycles. The van der Waals surface area contributed by atoms with Crippen LogP contribution in [0.2, 0.25) is 0 Å². The van der Waals surface area contributed by atoms with E-state index in [0.29, 0.717) is 13.0 Å². The molecule has 2 aromatic rings. The summed E-state index contributed by atoms with van der Waals surface area (Å²) in [7, 11) is 0. The number of carbonyl (C=O) groups is 1. The van der Waals surface area contributed by atoms with Crippen LogP contribution >= 0.6 is 11.3 Å². The molecule has 0 bridgehead atoms. The number of hydrogen-bond donors (Lipinski definition) is 1. The van der Waals surface area contributed by atoms with Gasteiger partial charge < -0.3 is 10.0 Å². The van der Waals surface area contributed by atoms with Crippen molar-refractivity contribution in [3.05, 3.63) is 16.8 Å². The highest BCUT2D eigenvalue weighted by atomic mass is 32.1. The lowest BCUT2D eigenvalue weighted by Gasteiger charge is -2.21. The van der Waals surface area contributed by atoms with Gasteiger partial charge in [0.25, 0.3) is 0 Å². The number of anilines is 1. The summed E-state index contributed by atoms with van der Waals surface area (Å²) in [6.45, 7) is 3.10. The molecular formula is C15H17N3O2S. The van der Waals surface area contributed by atoms with E-state index in [4.69, 9.17) is 0 Å². The Morgan fingerprint density at radius 3 is 3.05 bits per heavy atom. The van der Waals surface area contributed by atoms with Gasteiger partial charge in [-0.05, 0) is 38.2 Å². The molecule has 0 aromatic carbocycles. The van der Waals surface area contributed by atoms with E-state index < -0.39 is 11.4 Å². The fraction of sp³-hybridized carbons (Fsp3) is 0.533. The Kier molecular flexibility index (Phi) is 2.73. The molecule has 1 unspecified atom stereocenters. The predicted octanol–water partition coefficient (Wildman–Crippen LogP) is 2.48. The van der Waals surface area contributed by atoms with E-state index in [0.717, 1.165) is 30.0 Å². The maximum Gasteiger partial charge on any atom is 0.311 e. The van der Waals surface area contributed by atoms with E-state index in [1.807, 2.05) is 6.92 Å². The summed E-state index contributed by atoms with van der Waals surface area (Å²) < 4.78 is 0. The van der Waals surface area contributed by atoms with E-state index in [1.54, 1.807) is 17.7 Å². The Morgan fingerprint density at radius 2 is 2.29 bits per heavy atom. The number of hydrogen-bond acceptors (Lipinski definition) is 5. The van der Waals surface area contributed by atoms with Crippen LogP contribution in [-0.2, 0) is 17.6 Å². The van der Waals surface area contributed by atoms with Gasteiger partial charge in [0.15, 0.2) is 0 Å². The number of carboxylic acid groups (broad SMARTS) is 1. The molecule has 3 heterocycles. The minimum atomic E-state index is -0.717. The zero-order valence-electron chi connectivity index (χ0n) is 11.9. The summed E-state index contributed by atoms with van der Waals surface area (Å²) in [4.78, 5) is 25.0.